The Morgan fingerprint density at radius 2 is 2.11 bits per heavy atom. The van der Waals surface area contributed by atoms with Crippen molar-refractivity contribution < 1.29 is 4.74 Å². The number of anilines is 2. The van der Waals surface area contributed by atoms with Gasteiger partial charge in [0.1, 0.15) is 5.75 Å². The van der Waals surface area contributed by atoms with Crippen molar-refractivity contribution in [1.29, 1.82) is 0 Å². The van der Waals surface area contributed by atoms with Crippen molar-refractivity contribution in [3.8, 4) is 5.75 Å². The zero-order valence-corrected chi connectivity index (χ0v) is 11.2. The molecular formula is C15H24N2O. The quantitative estimate of drug-likeness (QED) is 0.755. The van der Waals surface area contributed by atoms with Gasteiger partial charge in [-0.2, -0.15) is 0 Å². The van der Waals surface area contributed by atoms with Crippen LogP contribution in [-0.2, 0) is 0 Å². The van der Waals surface area contributed by atoms with Gasteiger partial charge in [0.15, 0.2) is 0 Å². The highest BCUT2D eigenvalue weighted by atomic mass is 16.5. The van der Waals surface area contributed by atoms with Crippen molar-refractivity contribution in [1.82, 2.24) is 0 Å². The van der Waals surface area contributed by atoms with Crippen LogP contribution in [0.5, 0.6) is 5.75 Å². The maximum absolute atomic E-state index is 6.12. The summed E-state index contributed by atoms with van der Waals surface area (Å²) in [6.45, 7) is 3.84. The number of benzene rings is 1. The number of hydrogen-bond donors (Lipinski definition) is 2. The minimum atomic E-state index is 0.719. The first kappa shape index (κ1) is 13.1. The lowest BCUT2D eigenvalue weighted by atomic mass is 10.1. The summed E-state index contributed by atoms with van der Waals surface area (Å²) >= 11 is 0. The van der Waals surface area contributed by atoms with Gasteiger partial charge in [-0.1, -0.05) is 25.8 Å². The Kier molecular flexibility index (Phi) is 4.73. The first-order valence-corrected chi connectivity index (χ1v) is 7.06. The fourth-order valence-corrected chi connectivity index (χ4v) is 2.50. The van der Waals surface area contributed by atoms with Crippen molar-refractivity contribution in [2.45, 2.75) is 39.0 Å². The van der Waals surface area contributed by atoms with Crippen LogP contribution in [0, 0.1) is 5.92 Å². The molecule has 0 aromatic heterocycles. The van der Waals surface area contributed by atoms with E-state index >= 15 is 0 Å². The fourth-order valence-electron chi connectivity index (χ4n) is 2.50. The fraction of sp³-hybridized carbons (Fsp3) is 0.600. The van der Waals surface area contributed by atoms with Gasteiger partial charge in [-0.15, -0.1) is 0 Å². The van der Waals surface area contributed by atoms with Crippen LogP contribution in [0.2, 0.25) is 0 Å². The van der Waals surface area contributed by atoms with E-state index in [4.69, 9.17) is 10.5 Å². The summed E-state index contributed by atoms with van der Waals surface area (Å²) in [6.07, 6.45) is 6.44. The summed E-state index contributed by atoms with van der Waals surface area (Å²) in [7, 11) is 0. The Hall–Kier alpha value is -1.38. The van der Waals surface area contributed by atoms with Crippen LogP contribution in [-0.4, -0.2) is 13.2 Å². The molecule has 1 aliphatic rings. The van der Waals surface area contributed by atoms with Gasteiger partial charge in [-0.3, -0.25) is 0 Å². The molecule has 3 N–H and O–H groups in total. The Labute approximate surface area is 110 Å². The lowest BCUT2D eigenvalue weighted by Gasteiger charge is -2.16. The highest BCUT2D eigenvalue weighted by Gasteiger charge is 2.15. The Balaban J connectivity index is 1.94. The van der Waals surface area contributed by atoms with Crippen molar-refractivity contribution >= 4 is 11.4 Å². The van der Waals surface area contributed by atoms with E-state index in [1.165, 1.54) is 25.7 Å². The predicted molar refractivity (Wildman–Crippen MR) is 77.1 cm³/mol. The van der Waals surface area contributed by atoms with E-state index in [2.05, 4.69) is 12.2 Å². The van der Waals surface area contributed by atoms with E-state index in [0.29, 0.717) is 0 Å². The number of nitrogens with one attached hydrogen (secondary N) is 1. The summed E-state index contributed by atoms with van der Waals surface area (Å²) in [5, 5.41) is 3.47. The number of nitrogen functional groups attached to an aromatic ring is 1. The monoisotopic (exact) mass is 248 g/mol. The van der Waals surface area contributed by atoms with Crippen LogP contribution < -0.4 is 15.8 Å². The smallest absolute Gasteiger partial charge is 0.144 e. The molecule has 0 aliphatic heterocycles. The van der Waals surface area contributed by atoms with E-state index in [-0.39, 0.29) is 0 Å². The largest absolute Gasteiger partial charge is 0.491 e. The molecule has 0 bridgehead atoms. The van der Waals surface area contributed by atoms with Gasteiger partial charge >= 0.3 is 0 Å². The van der Waals surface area contributed by atoms with Gasteiger partial charge in [0.25, 0.3) is 0 Å². The minimum absolute atomic E-state index is 0.719. The van der Waals surface area contributed by atoms with Gasteiger partial charge < -0.3 is 15.8 Å². The molecule has 1 saturated carbocycles. The van der Waals surface area contributed by atoms with Gasteiger partial charge in [0.2, 0.25) is 0 Å². The van der Waals surface area contributed by atoms with E-state index in [9.17, 15) is 0 Å². The Morgan fingerprint density at radius 3 is 2.83 bits per heavy atom. The molecule has 0 amide bonds. The third kappa shape index (κ3) is 3.31. The van der Waals surface area contributed by atoms with Crippen molar-refractivity contribution in [2.75, 3.05) is 24.2 Å². The van der Waals surface area contributed by atoms with Gasteiger partial charge in [0.05, 0.1) is 18.0 Å². The standard InChI is InChI=1S/C15H24N2O/c1-2-10-18-14-9-5-8-13(15(14)16)17-11-12-6-3-4-7-12/h5,8-9,12,17H,2-4,6-7,10-11,16H2,1H3. The zero-order chi connectivity index (χ0) is 12.8. The average molecular weight is 248 g/mol. The summed E-state index contributed by atoms with van der Waals surface area (Å²) in [4.78, 5) is 0. The van der Waals surface area contributed by atoms with Crippen molar-refractivity contribution in [2.24, 2.45) is 5.92 Å². The van der Waals surface area contributed by atoms with E-state index in [1.807, 2.05) is 18.2 Å². The summed E-state index contributed by atoms with van der Waals surface area (Å²) in [6, 6.07) is 5.97. The summed E-state index contributed by atoms with van der Waals surface area (Å²) < 4.78 is 5.63. The average Bonchev–Trinajstić information content (AvgIpc) is 2.89. The topological polar surface area (TPSA) is 47.3 Å². The highest BCUT2D eigenvalue weighted by Crippen LogP contribution is 2.31. The van der Waals surface area contributed by atoms with Crippen LogP contribution >= 0.6 is 0 Å². The Morgan fingerprint density at radius 1 is 1.33 bits per heavy atom. The second kappa shape index (κ2) is 6.53. The SMILES string of the molecule is CCCOc1cccc(NCC2CCCC2)c1N. The van der Waals surface area contributed by atoms with Crippen LogP contribution in [0.1, 0.15) is 39.0 Å². The molecule has 100 valence electrons. The lowest BCUT2D eigenvalue weighted by molar-refractivity contribution is 0.319. The van der Waals surface area contributed by atoms with Crippen LogP contribution in [0.4, 0.5) is 11.4 Å². The van der Waals surface area contributed by atoms with Crippen molar-refractivity contribution in [3.63, 3.8) is 0 Å². The van der Waals surface area contributed by atoms with E-state index in [0.717, 1.165) is 42.6 Å². The molecule has 0 atom stereocenters. The lowest BCUT2D eigenvalue weighted by Crippen LogP contribution is -2.12. The van der Waals surface area contributed by atoms with Gasteiger partial charge in [-0.25, -0.2) is 0 Å². The second-order valence-electron chi connectivity index (χ2n) is 5.10. The first-order valence-electron chi connectivity index (χ1n) is 7.06. The van der Waals surface area contributed by atoms with Crippen LogP contribution in [0.3, 0.4) is 0 Å². The maximum atomic E-state index is 6.12. The third-order valence-corrected chi connectivity index (χ3v) is 3.58. The molecule has 1 fully saturated rings. The number of nitrogens with two attached hydrogens (primary N) is 1. The predicted octanol–water partition coefficient (Wildman–Crippen LogP) is 3.66. The molecule has 0 unspecified atom stereocenters. The molecule has 0 saturated heterocycles. The number of para-hydroxylation sites is 1. The van der Waals surface area contributed by atoms with Crippen LogP contribution in [0.25, 0.3) is 0 Å². The van der Waals surface area contributed by atoms with Gasteiger partial charge in [-0.05, 0) is 37.3 Å². The normalized spacial score (nSPS) is 15.8. The van der Waals surface area contributed by atoms with Crippen molar-refractivity contribution in [3.05, 3.63) is 18.2 Å². The molecule has 3 heteroatoms. The highest BCUT2D eigenvalue weighted by molar-refractivity contribution is 5.72. The van der Waals surface area contributed by atoms with Crippen LogP contribution in [0.15, 0.2) is 18.2 Å². The first-order chi connectivity index (χ1) is 8.81. The molecule has 1 aromatic rings. The third-order valence-electron chi connectivity index (χ3n) is 3.58. The number of hydrogen-bond acceptors (Lipinski definition) is 3. The molecule has 0 heterocycles. The number of rotatable bonds is 6. The van der Waals surface area contributed by atoms with Gasteiger partial charge in [0, 0.05) is 6.54 Å². The summed E-state index contributed by atoms with van der Waals surface area (Å²) in [5.41, 5.74) is 7.87. The Bertz CT molecular complexity index is 373. The minimum Gasteiger partial charge on any atom is -0.491 e. The second-order valence-corrected chi connectivity index (χ2v) is 5.10. The maximum Gasteiger partial charge on any atom is 0.144 e. The molecule has 2 rings (SSSR count). The molecule has 0 radical (unpaired) electrons. The molecule has 3 nitrogen and oxygen atoms in total. The molecule has 1 aliphatic carbocycles. The zero-order valence-electron chi connectivity index (χ0n) is 11.2. The summed E-state index contributed by atoms with van der Waals surface area (Å²) in [5.74, 6) is 1.61. The molecule has 18 heavy (non-hydrogen) atoms. The number of ether oxygens (including phenoxy) is 1. The molecule has 0 spiro atoms. The molecular weight excluding hydrogens is 224 g/mol. The molecule has 1 aromatic carbocycles. The van der Waals surface area contributed by atoms with E-state index < -0.39 is 0 Å². The van der Waals surface area contributed by atoms with E-state index in [1.54, 1.807) is 0 Å².